The Kier molecular flexibility index (Phi) is 3.65. The molecule has 0 atom stereocenters. The van der Waals surface area contributed by atoms with Gasteiger partial charge in [-0.1, -0.05) is 18.2 Å². The number of methoxy groups -OCH3 is 1. The molecule has 3 nitrogen and oxygen atoms in total. The molecule has 0 spiro atoms. The lowest BCUT2D eigenvalue weighted by molar-refractivity contribution is 0.415. The molecule has 0 N–H and O–H groups in total. The van der Waals surface area contributed by atoms with E-state index in [0.29, 0.717) is 0 Å². The molecule has 0 unspecified atom stereocenters. The van der Waals surface area contributed by atoms with E-state index in [0.717, 1.165) is 33.8 Å². The molecular weight excluding hydrogens is 260 g/mol. The van der Waals surface area contributed by atoms with Crippen LogP contribution >= 0.6 is 0 Å². The molecule has 3 aromatic rings. The molecule has 0 aliphatic carbocycles. The summed E-state index contributed by atoms with van der Waals surface area (Å²) in [5.41, 5.74) is 5.24. The van der Waals surface area contributed by atoms with E-state index < -0.39 is 0 Å². The highest BCUT2D eigenvalue weighted by atomic mass is 16.5. The fourth-order valence-corrected chi connectivity index (χ4v) is 2.31. The highest BCUT2D eigenvalue weighted by molar-refractivity contribution is 5.69. The molecule has 0 saturated carbocycles. The lowest BCUT2D eigenvalue weighted by Crippen LogP contribution is -1.92. The number of hydrogen-bond donors (Lipinski definition) is 0. The first-order valence-corrected chi connectivity index (χ1v) is 6.80. The van der Waals surface area contributed by atoms with Gasteiger partial charge in [0.15, 0.2) is 0 Å². The maximum Gasteiger partial charge on any atom is 0.118 e. The van der Waals surface area contributed by atoms with Crippen molar-refractivity contribution in [3.05, 3.63) is 66.6 Å². The maximum absolute atomic E-state index is 5.19. The average Bonchev–Trinajstić information content (AvgIpc) is 2.56. The second kappa shape index (κ2) is 5.75. The molecule has 1 aromatic carbocycles. The van der Waals surface area contributed by atoms with Gasteiger partial charge in [-0.3, -0.25) is 9.97 Å². The third-order valence-corrected chi connectivity index (χ3v) is 3.44. The van der Waals surface area contributed by atoms with Crippen LogP contribution in [-0.2, 0) is 0 Å². The fraction of sp³-hybridized carbons (Fsp3) is 0.111. The third kappa shape index (κ3) is 2.77. The highest BCUT2D eigenvalue weighted by Gasteiger charge is 2.06. The molecule has 0 saturated heterocycles. The zero-order valence-corrected chi connectivity index (χ0v) is 12.1. The summed E-state index contributed by atoms with van der Waals surface area (Å²) in [6.45, 7) is 2.03. The summed E-state index contributed by atoms with van der Waals surface area (Å²) in [6.07, 6.45) is 3.59. The summed E-state index contributed by atoms with van der Waals surface area (Å²) in [4.78, 5) is 8.83. The normalized spacial score (nSPS) is 10.4. The van der Waals surface area contributed by atoms with Crippen molar-refractivity contribution < 1.29 is 4.74 Å². The summed E-state index contributed by atoms with van der Waals surface area (Å²) >= 11 is 0. The van der Waals surface area contributed by atoms with Crippen LogP contribution in [0.15, 0.2) is 60.9 Å². The Hall–Kier alpha value is -2.68. The summed E-state index contributed by atoms with van der Waals surface area (Å²) < 4.78 is 5.19. The van der Waals surface area contributed by atoms with Crippen molar-refractivity contribution in [1.29, 1.82) is 0 Å². The first-order chi connectivity index (χ1) is 10.3. The Morgan fingerprint density at radius 2 is 1.71 bits per heavy atom. The second-order valence-electron chi connectivity index (χ2n) is 4.80. The molecule has 0 aliphatic heterocycles. The highest BCUT2D eigenvalue weighted by Crippen LogP contribution is 2.27. The van der Waals surface area contributed by atoms with E-state index in [9.17, 15) is 0 Å². The van der Waals surface area contributed by atoms with Gasteiger partial charge in [0, 0.05) is 29.2 Å². The molecule has 0 radical (unpaired) electrons. The summed E-state index contributed by atoms with van der Waals surface area (Å²) in [7, 11) is 1.67. The Labute approximate surface area is 124 Å². The Morgan fingerprint density at radius 1 is 0.905 bits per heavy atom. The first kappa shape index (κ1) is 13.3. The second-order valence-corrected chi connectivity index (χ2v) is 4.80. The molecule has 2 heterocycles. The Morgan fingerprint density at radius 3 is 2.33 bits per heavy atom. The standard InChI is InChI=1S/C18H16N2O/c1-13-17(14-5-7-16(21-2)8-6-14)9-10-18(20-13)15-4-3-11-19-12-15/h3-12H,1-2H3. The Balaban J connectivity index is 1.97. The molecule has 3 heteroatoms. The number of nitrogens with zero attached hydrogens (tertiary/aromatic N) is 2. The van der Waals surface area contributed by atoms with Crippen molar-refractivity contribution in [3.63, 3.8) is 0 Å². The van der Waals surface area contributed by atoms with E-state index in [2.05, 4.69) is 11.1 Å². The number of benzene rings is 1. The van der Waals surface area contributed by atoms with Crippen LogP contribution in [0.25, 0.3) is 22.4 Å². The van der Waals surface area contributed by atoms with Gasteiger partial charge in [-0.05, 0) is 42.8 Å². The SMILES string of the molecule is COc1ccc(-c2ccc(-c3cccnc3)nc2C)cc1. The largest absolute Gasteiger partial charge is 0.497 e. The monoisotopic (exact) mass is 276 g/mol. The fourth-order valence-electron chi connectivity index (χ4n) is 2.31. The van der Waals surface area contributed by atoms with Crippen molar-refractivity contribution >= 4 is 0 Å². The van der Waals surface area contributed by atoms with Gasteiger partial charge < -0.3 is 4.74 Å². The van der Waals surface area contributed by atoms with Gasteiger partial charge in [-0.25, -0.2) is 0 Å². The zero-order valence-electron chi connectivity index (χ0n) is 12.1. The van der Waals surface area contributed by atoms with Crippen LogP contribution in [0.5, 0.6) is 5.75 Å². The lowest BCUT2D eigenvalue weighted by atomic mass is 10.0. The van der Waals surface area contributed by atoms with Gasteiger partial charge in [0.25, 0.3) is 0 Å². The van der Waals surface area contributed by atoms with Gasteiger partial charge in [-0.2, -0.15) is 0 Å². The summed E-state index contributed by atoms with van der Waals surface area (Å²) in [5, 5.41) is 0. The van der Waals surface area contributed by atoms with E-state index in [1.807, 2.05) is 55.6 Å². The number of aryl methyl sites for hydroxylation is 1. The van der Waals surface area contributed by atoms with Crippen LogP contribution in [0.2, 0.25) is 0 Å². The number of rotatable bonds is 3. The van der Waals surface area contributed by atoms with Crippen molar-refractivity contribution in [2.24, 2.45) is 0 Å². The number of hydrogen-bond acceptors (Lipinski definition) is 3. The number of ether oxygens (including phenoxy) is 1. The van der Waals surface area contributed by atoms with Gasteiger partial charge in [0.05, 0.1) is 12.8 Å². The maximum atomic E-state index is 5.19. The summed E-state index contributed by atoms with van der Waals surface area (Å²) in [6, 6.07) is 16.1. The topological polar surface area (TPSA) is 35.0 Å². The summed E-state index contributed by atoms with van der Waals surface area (Å²) in [5.74, 6) is 0.858. The molecule has 0 aliphatic rings. The molecule has 0 bridgehead atoms. The van der Waals surface area contributed by atoms with Crippen molar-refractivity contribution in [1.82, 2.24) is 9.97 Å². The van der Waals surface area contributed by atoms with Crippen LogP contribution in [0.1, 0.15) is 5.69 Å². The smallest absolute Gasteiger partial charge is 0.118 e. The van der Waals surface area contributed by atoms with Crippen LogP contribution in [0, 0.1) is 6.92 Å². The van der Waals surface area contributed by atoms with Crippen molar-refractivity contribution in [2.45, 2.75) is 6.92 Å². The van der Waals surface area contributed by atoms with E-state index in [1.165, 1.54) is 0 Å². The molecule has 2 aromatic heterocycles. The minimum atomic E-state index is 0.858. The third-order valence-electron chi connectivity index (χ3n) is 3.44. The average molecular weight is 276 g/mol. The molecule has 0 amide bonds. The first-order valence-electron chi connectivity index (χ1n) is 6.80. The van der Waals surface area contributed by atoms with E-state index in [1.54, 1.807) is 13.3 Å². The van der Waals surface area contributed by atoms with Crippen LogP contribution < -0.4 is 4.74 Å². The predicted octanol–water partition coefficient (Wildman–Crippen LogP) is 4.13. The lowest BCUT2D eigenvalue weighted by Gasteiger charge is -2.09. The predicted molar refractivity (Wildman–Crippen MR) is 84.2 cm³/mol. The van der Waals surface area contributed by atoms with Gasteiger partial charge >= 0.3 is 0 Å². The van der Waals surface area contributed by atoms with E-state index >= 15 is 0 Å². The molecule has 21 heavy (non-hydrogen) atoms. The Bertz CT molecular complexity index is 737. The van der Waals surface area contributed by atoms with Crippen molar-refractivity contribution in [2.75, 3.05) is 7.11 Å². The molecule has 104 valence electrons. The quantitative estimate of drug-likeness (QED) is 0.721. The molecule has 3 rings (SSSR count). The van der Waals surface area contributed by atoms with Crippen LogP contribution in [-0.4, -0.2) is 17.1 Å². The van der Waals surface area contributed by atoms with Crippen molar-refractivity contribution in [3.8, 4) is 28.1 Å². The van der Waals surface area contributed by atoms with Gasteiger partial charge in [-0.15, -0.1) is 0 Å². The minimum Gasteiger partial charge on any atom is -0.497 e. The van der Waals surface area contributed by atoms with E-state index in [4.69, 9.17) is 9.72 Å². The van der Waals surface area contributed by atoms with Gasteiger partial charge in [0.1, 0.15) is 5.75 Å². The van der Waals surface area contributed by atoms with Gasteiger partial charge in [0.2, 0.25) is 0 Å². The van der Waals surface area contributed by atoms with E-state index in [-0.39, 0.29) is 0 Å². The zero-order chi connectivity index (χ0) is 14.7. The van der Waals surface area contributed by atoms with Crippen LogP contribution in [0.3, 0.4) is 0 Å². The number of pyridine rings is 2. The number of aromatic nitrogens is 2. The van der Waals surface area contributed by atoms with Crippen LogP contribution in [0.4, 0.5) is 0 Å². The minimum absolute atomic E-state index is 0.858. The molecular formula is C18H16N2O. The molecule has 0 fully saturated rings.